The van der Waals surface area contributed by atoms with Gasteiger partial charge in [-0.25, -0.2) is 4.98 Å². The molecule has 0 radical (unpaired) electrons. The van der Waals surface area contributed by atoms with Crippen molar-refractivity contribution in [2.24, 2.45) is 0 Å². The third-order valence-corrected chi connectivity index (χ3v) is 6.36. The zero-order chi connectivity index (χ0) is 19.4. The summed E-state index contributed by atoms with van der Waals surface area (Å²) in [5, 5.41) is 13.4. The summed E-state index contributed by atoms with van der Waals surface area (Å²) in [6, 6.07) is 9.64. The van der Waals surface area contributed by atoms with Crippen LogP contribution in [-0.2, 0) is 17.6 Å². The van der Waals surface area contributed by atoms with E-state index in [1.165, 1.54) is 17.3 Å². The van der Waals surface area contributed by atoms with Crippen LogP contribution in [0.5, 0.6) is 0 Å². The molecule has 1 aromatic carbocycles. The summed E-state index contributed by atoms with van der Waals surface area (Å²) in [6.45, 7) is 3.89. The van der Waals surface area contributed by atoms with Gasteiger partial charge in [-0.05, 0) is 68.4 Å². The van der Waals surface area contributed by atoms with Gasteiger partial charge in [0.25, 0.3) is 0 Å². The lowest BCUT2D eigenvalue weighted by Gasteiger charge is -2.19. The average molecular weight is 400 g/mol. The second kappa shape index (κ2) is 8.77. The number of anilines is 1. The molecule has 4 nitrogen and oxygen atoms in total. The van der Waals surface area contributed by atoms with Crippen LogP contribution in [0, 0.1) is 18.3 Å². The Labute approximate surface area is 169 Å². The van der Waals surface area contributed by atoms with Crippen molar-refractivity contribution in [1.82, 2.24) is 4.98 Å². The number of halogens is 1. The quantitative estimate of drug-likeness (QED) is 0.692. The molecule has 1 aliphatic carbocycles. The Morgan fingerprint density at radius 2 is 2.15 bits per heavy atom. The van der Waals surface area contributed by atoms with Gasteiger partial charge in [-0.1, -0.05) is 36.4 Å². The van der Waals surface area contributed by atoms with Gasteiger partial charge < -0.3 is 5.32 Å². The summed E-state index contributed by atoms with van der Waals surface area (Å²) in [5.74, 6) is -0.101. The minimum Gasteiger partial charge on any atom is -0.325 e. The van der Waals surface area contributed by atoms with Gasteiger partial charge in [0.05, 0.1) is 10.8 Å². The number of benzene rings is 1. The fourth-order valence-corrected chi connectivity index (χ4v) is 4.35. The summed E-state index contributed by atoms with van der Waals surface area (Å²) in [6.07, 6.45) is 4.83. The lowest BCUT2D eigenvalue weighted by molar-refractivity contribution is -0.115. The number of nitrogens with one attached hydrogen (secondary N) is 1. The number of hydrogen-bond acceptors (Lipinski definition) is 4. The zero-order valence-corrected chi connectivity index (χ0v) is 17.1. The lowest BCUT2D eigenvalue weighted by Crippen LogP contribution is -2.25. The van der Waals surface area contributed by atoms with Gasteiger partial charge in [-0.3, -0.25) is 4.79 Å². The van der Waals surface area contributed by atoms with E-state index in [-0.39, 0.29) is 11.2 Å². The van der Waals surface area contributed by atoms with E-state index in [1.807, 2.05) is 26.0 Å². The number of hydrogen-bond donors (Lipinski definition) is 1. The number of nitriles is 1. The van der Waals surface area contributed by atoms with Crippen molar-refractivity contribution in [1.29, 1.82) is 5.26 Å². The molecule has 1 heterocycles. The molecular weight excluding hydrogens is 378 g/mol. The van der Waals surface area contributed by atoms with Crippen LogP contribution in [0.25, 0.3) is 0 Å². The minimum absolute atomic E-state index is 0.101. The molecule has 3 rings (SSSR count). The molecule has 0 spiro atoms. The second-order valence-corrected chi connectivity index (χ2v) is 8.36. The first-order valence-corrected chi connectivity index (χ1v) is 10.4. The van der Waals surface area contributed by atoms with E-state index in [0.717, 1.165) is 36.9 Å². The fourth-order valence-electron chi connectivity index (χ4n) is 3.18. The van der Waals surface area contributed by atoms with Gasteiger partial charge in [0.2, 0.25) is 5.91 Å². The van der Waals surface area contributed by atoms with E-state index >= 15 is 0 Å². The third-order valence-electron chi connectivity index (χ3n) is 4.76. The van der Waals surface area contributed by atoms with Crippen LogP contribution in [0.2, 0.25) is 5.02 Å². The number of thioether (sulfide) groups is 1. The molecule has 0 saturated heterocycles. The molecule has 1 N–H and O–H groups in total. The van der Waals surface area contributed by atoms with E-state index in [9.17, 15) is 10.1 Å². The second-order valence-electron chi connectivity index (χ2n) is 6.73. The van der Waals surface area contributed by atoms with E-state index in [4.69, 9.17) is 16.6 Å². The van der Waals surface area contributed by atoms with Gasteiger partial charge in [-0.15, -0.1) is 0 Å². The molecule has 0 aliphatic heterocycles. The summed E-state index contributed by atoms with van der Waals surface area (Å²) in [7, 11) is 0. The summed E-state index contributed by atoms with van der Waals surface area (Å²) in [4.78, 5) is 17.5. The van der Waals surface area contributed by atoms with Crippen molar-refractivity contribution in [2.45, 2.75) is 56.2 Å². The highest BCUT2D eigenvalue weighted by Crippen LogP contribution is 2.32. The number of rotatable bonds is 5. The standard InChI is InChI=1S/C21H22ClN3OS/c1-3-19(20(26)24-18-11-16(22)9-8-13(18)2)27-21-15(12-23)10-14-6-4-5-7-17(14)25-21/h8-11,19H,3-7H2,1-2H3,(H,24,26). The first-order chi connectivity index (χ1) is 13.0. The third kappa shape index (κ3) is 4.63. The molecule has 2 aromatic rings. The number of amides is 1. The predicted octanol–water partition coefficient (Wildman–Crippen LogP) is 5.30. The van der Waals surface area contributed by atoms with Crippen LogP contribution in [-0.4, -0.2) is 16.1 Å². The molecule has 0 fully saturated rings. The van der Waals surface area contributed by atoms with E-state index < -0.39 is 0 Å². The molecule has 0 saturated carbocycles. The number of carbonyl (C=O) groups excluding carboxylic acids is 1. The number of nitrogens with zero attached hydrogens (tertiary/aromatic N) is 2. The summed E-state index contributed by atoms with van der Waals surface area (Å²) < 4.78 is 0. The van der Waals surface area contributed by atoms with Crippen molar-refractivity contribution in [3.63, 3.8) is 0 Å². The monoisotopic (exact) mass is 399 g/mol. The van der Waals surface area contributed by atoms with E-state index in [0.29, 0.717) is 27.7 Å². The van der Waals surface area contributed by atoms with Crippen LogP contribution < -0.4 is 5.32 Å². The van der Waals surface area contributed by atoms with Crippen molar-refractivity contribution in [3.8, 4) is 6.07 Å². The van der Waals surface area contributed by atoms with Gasteiger partial charge in [0, 0.05) is 16.4 Å². The number of carbonyl (C=O) groups is 1. The minimum atomic E-state index is -0.329. The van der Waals surface area contributed by atoms with Crippen LogP contribution in [0.1, 0.15) is 48.6 Å². The van der Waals surface area contributed by atoms with Crippen molar-refractivity contribution in [2.75, 3.05) is 5.32 Å². The predicted molar refractivity (Wildman–Crippen MR) is 110 cm³/mol. The number of fused-ring (bicyclic) bond motifs is 1. The summed E-state index contributed by atoms with van der Waals surface area (Å²) in [5.41, 5.74) is 4.48. The van der Waals surface area contributed by atoms with Crippen LogP contribution in [0.15, 0.2) is 29.3 Å². The molecule has 6 heteroatoms. The van der Waals surface area contributed by atoms with Gasteiger partial charge >= 0.3 is 0 Å². The van der Waals surface area contributed by atoms with E-state index in [2.05, 4.69) is 11.4 Å². The molecule has 1 aromatic heterocycles. The number of aryl methyl sites for hydroxylation is 3. The smallest absolute Gasteiger partial charge is 0.237 e. The van der Waals surface area contributed by atoms with E-state index in [1.54, 1.807) is 12.1 Å². The summed E-state index contributed by atoms with van der Waals surface area (Å²) >= 11 is 7.42. The molecule has 1 aliphatic rings. The fraction of sp³-hybridized carbons (Fsp3) is 0.381. The lowest BCUT2D eigenvalue weighted by atomic mass is 9.95. The first kappa shape index (κ1) is 19.7. The van der Waals surface area contributed by atoms with Gasteiger partial charge in [0.15, 0.2) is 0 Å². The van der Waals surface area contributed by atoms with Gasteiger partial charge in [-0.2, -0.15) is 5.26 Å². The SMILES string of the molecule is CCC(Sc1nc2c(cc1C#N)CCCC2)C(=O)Nc1cc(Cl)ccc1C. The Hall–Kier alpha value is -2.03. The zero-order valence-electron chi connectivity index (χ0n) is 15.5. The van der Waals surface area contributed by atoms with Crippen LogP contribution in [0.4, 0.5) is 5.69 Å². The average Bonchev–Trinajstić information content (AvgIpc) is 2.68. The Bertz CT molecular complexity index is 907. The molecule has 1 atom stereocenters. The van der Waals surface area contributed by atoms with Crippen molar-refractivity contribution in [3.05, 3.63) is 51.7 Å². The molecule has 27 heavy (non-hydrogen) atoms. The highest BCUT2D eigenvalue weighted by atomic mass is 35.5. The van der Waals surface area contributed by atoms with Crippen LogP contribution in [0.3, 0.4) is 0 Å². The Kier molecular flexibility index (Phi) is 6.41. The maximum Gasteiger partial charge on any atom is 0.237 e. The van der Waals surface area contributed by atoms with Gasteiger partial charge in [0.1, 0.15) is 11.1 Å². The molecule has 0 bridgehead atoms. The number of pyridine rings is 1. The molecule has 140 valence electrons. The molecule has 1 unspecified atom stereocenters. The normalized spacial score (nSPS) is 14.1. The van der Waals surface area contributed by atoms with Crippen LogP contribution >= 0.6 is 23.4 Å². The maximum atomic E-state index is 12.8. The molecule has 1 amide bonds. The Morgan fingerprint density at radius 3 is 2.89 bits per heavy atom. The topological polar surface area (TPSA) is 65.8 Å². The highest BCUT2D eigenvalue weighted by molar-refractivity contribution is 8.00. The van der Waals surface area contributed by atoms with Crippen molar-refractivity contribution < 1.29 is 4.79 Å². The Morgan fingerprint density at radius 1 is 1.37 bits per heavy atom. The molecular formula is C21H22ClN3OS. The Balaban J connectivity index is 1.81. The highest BCUT2D eigenvalue weighted by Gasteiger charge is 2.23. The van der Waals surface area contributed by atoms with Crippen molar-refractivity contribution >= 4 is 35.0 Å². The number of aromatic nitrogens is 1. The largest absolute Gasteiger partial charge is 0.325 e. The maximum absolute atomic E-state index is 12.8. The first-order valence-electron chi connectivity index (χ1n) is 9.18.